The molecule has 1 unspecified atom stereocenters. The molecule has 0 radical (unpaired) electrons. The first kappa shape index (κ1) is 18.0. The smallest absolute Gasteiger partial charge is 0.229 e. The zero-order chi connectivity index (χ0) is 18.0. The van der Waals surface area contributed by atoms with Gasteiger partial charge in [-0.05, 0) is 19.1 Å². The van der Waals surface area contributed by atoms with Gasteiger partial charge in [0.25, 0.3) is 15.7 Å². The lowest BCUT2D eigenvalue weighted by molar-refractivity contribution is -0.229. The number of aryl methyl sites for hydroxylation is 1. The first-order valence-corrected chi connectivity index (χ1v) is 8.09. The van der Waals surface area contributed by atoms with E-state index in [1.165, 1.54) is 30.3 Å². The molecule has 0 spiro atoms. The van der Waals surface area contributed by atoms with E-state index in [-0.39, 0.29) is 0 Å². The monoisotopic (exact) mass is 355 g/mol. The molecule has 0 fully saturated rings. The molecule has 0 aliphatic heterocycles. The van der Waals surface area contributed by atoms with Crippen molar-refractivity contribution in [1.82, 2.24) is 0 Å². The Bertz CT molecular complexity index is 856. The molecule has 1 atom stereocenters. The van der Waals surface area contributed by atoms with Gasteiger partial charge in [-0.3, -0.25) is 0 Å². The molecule has 0 aliphatic rings. The summed E-state index contributed by atoms with van der Waals surface area (Å²) in [4.78, 5) is -0.465. The third kappa shape index (κ3) is 3.27. The normalized spacial score (nSPS) is 14.6. The highest BCUT2D eigenvalue weighted by Crippen LogP contribution is 2.43. The Balaban J connectivity index is 2.58. The maximum Gasteiger partial charge on any atom is 0.436 e. The van der Waals surface area contributed by atoms with Gasteiger partial charge in [0.2, 0.25) is 0 Å². The molecule has 0 aromatic heterocycles. The SMILES string of the molecule is Cc1ccc(S(=O)(=O)OC(C#N)(c2ccccc2)C(F)(F)F)cc1. The van der Waals surface area contributed by atoms with E-state index in [0.717, 1.165) is 35.9 Å². The number of alkyl halides is 3. The first-order chi connectivity index (χ1) is 11.1. The zero-order valence-corrected chi connectivity index (χ0v) is 13.2. The van der Waals surface area contributed by atoms with Crippen LogP contribution >= 0.6 is 0 Å². The topological polar surface area (TPSA) is 67.2 Å². The van der Waals surface area contributed by atoms with Gasteiger partial charge in [0.15, 0.2) is 0 Å². The minimum absolute atomic E-state index is 0.465. The molecule has 2 aromatic rings. The molecule has 0 N–H and O–H groups in total. The van der Waals surface area contributed by atoms with Crippen molar-refractivity contribution >= 4 is 10.1 Å². The molecular weight excluding hydrogens is 343 g/mol. The lowest BCUT2D eigenvalue weighted by Gasteiger charge is -2.28. The van der Waals surface area contributed by atoms with Crippen LogP contribution in [-0.4, -0.2) is 14.6 Å². The number of hydrogen-bond donors (Lipinski definition) is 0. The Labute approximate surface area is 137 Å². The Morgan fingerprint density at radius 1 is 1.00 bits per heavy atom. The molecule has 24 heavy (non-hydrogen) atoms. The van der Waals surface area contributed by atoms with Crippen molar-refractivity contribution in [1.29, 1.82) is 5.26 Å². The van der Waals surface area contributed by atoms with Crippen molar-refractivity contribution < 1.29 is 25.8 Å². The summed E-state index contributed by atoms with van der Waals surface area (Å²) in [5.74, 6) is 0. The maximum absolute atomic E-state index is 13.6. The van der Waals surface area contributed by atoms with E-state index in [1.807, 2.05) is 0 Å². The van der Waals surface area contributed by atoms with E-state index in [2.05, 4.69) is 4.18 Å². The predicted molar refractivity (Wildman–Crippen MR) is 79.2 cm³/mol. The Morgan fingerprint density at radius 3 is 2.00 bits per heavy atom. The number of nitrogens with zero attached hydrogens (tertiary/aromatic N) is 1. The van der Waals surface area contributed by atoms with E-state index in [4.69, 9.17) is 5.26 Å². The fraction of sp³-hybridized carbons (Fsp3) is 0.188. The standard InChI is InChI=1S/C16H12F3NO3S/c1-12-7-9-14(10-8-12)24(21,22)23-15(11-20,16(17,18)19)13-5-3-2-4-6-13/h2-10H,1H3. The summed E-state index contributed by atoms with van der Waals surface area (Å²) in [7, 11) is -4.82. The Morgan fingerprint density at radius 2 is 1.54 bits per heavy atom. The minimum atomic E-state index is -5.26. The molecule has 0 bridgehead atoms. The van der Waals surface area contributed by atoms with Crippen LogP contribution < -0.4 is 0 Å². The van der Waals surface area contributed by atoms with Gasteiger partial charge in [0, 0.05) is 5.56 Å². The van der Waals surface area contributed by atoms with E-state index in [0.29, 0.717) is 0 Å². The van der Waals surface area contributed by atoms with E-state index in [1.54, 1.807) is 6.92 Å². The molecule has 2 aromatic carbocycles. The Hall–Kier alpha value is -2.37. The van der Waals surface area contributed by atoms with Crippen LogP contribution in [0.2, 0.25) is 0 Å². The zero-order valence-electron chi connectivity index (χ0n) is 12.4. The van der Waals surface area contributed by atoms with Crippen LogP contribution in [0.5, 0.6) is 0 Å². The van der Waals surface area contributed by atoms with Gasteiger partial charge in [-0.2, -0.15) is 26.9 Å². The molecule has 4 nitrogen and oxygen atoms in total. The summed E-state index contributed by atoms with van der Waals surface area (Å²) >= 11 is 0. The van der Waals surface area contributed by atoms with Crippen molar-refractivity contribution in [3.05, 3.63) is 65.7 Å². The number of nitriles is 1. The van der Waals surface area contributed by atoms with Crippen LogP contribution in [0, 0.1) is 18.3 Å². The minimum Gasteiger partial charge on any atom is -0.229 e. The largest absolute Gasteiger partial charge is 0.436 e. The van der Waals surface area contributed by atoms with Crippen LogP contribution in [0.4, 0.5) is 13.2 Å². The predicted octanol–water partition coefficient (Wildman–Crippen LogP) is 3.68. The lowest BCUT2D eigenvalue weighted by Crippen LogP contribution is -2.45. The molecule has 0 saturated heterocycles. The van der Waals surface area contributed by atoms with Crippen molar-refractivity contribution in [3.63, 3.8) is 0 Å². The molecule has 0 aliphatic carbocycles. The summed E-state index contributed by atoms with van der Waals surface area (Å²) < 4.78 is 69.6. The fourth-order valence-corrected chi connectivity index (χ4v) is 3.12. The molecule has 2 rings (SSSR count). The third-order valence-electron chi connectivity index (χ3n) is 3.28. The quantitative estimate of drug-likeness (QED) is 0.785. The van der Waals surface area contributed by atoms with Gasteiger partial charge >= 0.3 is 6.18 Å². The maximum atomic E-state index is 13.6. The number of benzene rings is 2. The summed E-state index contributed by atoms with van der Waals surface area (Å²) in [6.07, 6.45) is -5.26. The summed E-state index contributed by atoms with van der Waals surface area (Å²) in [6, 6.07) is 12.0. The first-order valence-electron chi connectivity index (χ1n) is 6.68. The second kappa shape index (κ2) is 6.26. The second-order valence-corrected chi connectivity index (χ2v) is 6.55. The summed E-state index contributed by atoms with van der Waals surface area (Å²) in [5, 5.41) is 9.16. The van der Waals surface area contributed by atoms with Crippen LogP contribution in [0.25, 0.3) is 0 Å². The molecule has 0 heterocycles. The van der Waals surface area contributed by atoms with Crippen molar-refractivity contribution in [3.8, 4) is 6.07 Å². The summed E-state index contributed by atoms with van der Waals surface area (Å²) in [5.41, 5.74) is -3.52. The van der Waals surface area contributed by atoms with Crippen LogP contribution in [0.3, 0.4) is 0 Å². The molecule has 0 amide bonds. The summed E-state index contributed by atoms with van der Waals surface area (Å²) in [6.45, 7) is 1.69. The number of rotatable bonds is 4. The van der Waals surface area contributed by atoms with Crippen LogP contribution in [0.1, 0.15) is 11.1 Å². The van der Waals surface area contributed by atoms with Gasteiger partial charge < -0.3 is 0 Å². The van der Waals surface area contributed by atoms with Gasteiger partial charge in [0.05, 0.1) is 4.90 Å². The molecule has 8 heteroatoms. The van der Waals surface area contributed by atoms with Gasteiger partial charge in [-0.25, -0.2) is 4.18 Å². The molecule has 0 saturated carbocycles. The highest BCUT2D eigenvalue weighted by atomic mass is 32.2. The highest BCUT2D eigenvalue weighted by molar-refractivity contribution is 7.86. The van der Waals surface area contributed by atoms with Crippen LogP contribution in [-0.2, 0) is 19.9 Å². The number of halogens is 3. The van der Waals surface area contributed by atoms with Crippen molar-refractivity contribution in [2.75, 3.05) is 0 Å². The average molecular weight is 355 g/mol. The van der Waals surface area contributed by atoms with Crippen molar-refractivity contribution in [2.45, 2.75) is 23.6 Å². The van der Waals surface area contributed by atoms with Gasteiger partial charge in [-0.1, -0.05) is 48.0 Å². The lowest BCUT2D eigenvalue weighted by atomic mass is 9.95. The van der Waals surface area contributed by atoms with E-state index >= 15 is 0 Å². The van der Waals surface area contributed by atoms with E-state index in [9.17, 15) is 21.6 Å². The van der Waals surface area contributed by atoms with E-state index < -0.39 is 32.4 Å². The van der Waals surface area contributed by atoms with Gasteiger partial charge in [-0.15, -0.1) is 0 Å². The second-order valence-electron chi connectivity index (χ2n) is 5.01. The van der Waals surface area contributed by atoms with Crippen LogP contribution in [0.15, 0.2) is 59.5 Å². The average Bonchev–Trinajstić information content (AvgIpc) is 2.52. The number of hydrogen-bond acceptors (Lipinski definition) is 4. The fourth-order valence-electron chi connectivity index (χ4n) is 2.00. The van der Waals surface area contributed by atoms with Crippen molar-refractivity contribution in [2.24, 2.45) is 0 Å². The molecular formula is C16H12F3NO3S. The Kier molecular flexibility index (Phi) is 4.69. The van der Waals surface area contributed by atoms with Gasteiger partial charge in [0.1, 0.15) is 6.07 Å². The highest BCUT2D eigenvalue weighted by Gasteiger charge is 2.61. The molecule has 126 valence electrons. The third-order valence-corrected chi connectivity index (χ3v) is 4.60.